The van der Waals surface area contributed by atoms with Crippen LogP contribution >= 0.6 is 0 Å². The highest BCUT2D eigenvalue weighted by molar-refractivity contribution is 6.00. The van der Waals surface area contributed by atoms with Gasteiger partial charge in [-0.05, 0) is 24.1 Å². The first-order valence-electron chi connectivity index (χ1n) is 7.27. The van der Waals surface area contributed by atoms with E-state index in [0.29, 0.717) is 24.3 Å². The molecule has 0 saturated heterocycles. The van der Waals surface area contributed by atoms with E-state index in [1.54, 1.807) is 28.8 Å². The second-order valence-electron chi connectivity index (χ2n) is 5.56. The van der Waals surface area contributed by atoms with Crippen LogP contribution in [-0.2, 0) is 7.05 Å². The van der Waals surface area contributed by atoms with Crippen molar-refractivity contribution in [2.24, 2.45) is 7.05 Å². The lowest BCUT2D eigenvalue weighted by molar-refractivity contribution is 0.0792. The van der Waals surface area contributed by atoms with Crippen molar-refractivity contribution in [3.63, 3.8) is 0 Å². The first kappa shape index (κ1) is 14.3. The molecule has 1 aromatic carbocycles. The fourth-order valence-corrected chi connectivity index (χ4v) is 2.70. The van der Waals surface area contributed by atoms with Crippen molar-refractivity contribution >= 4 is 17.3 Å². The van der Waals surface area contributed by atoms with Crippen LogP contribution in [0, 0.1) is 0 Å². The van der Waals surface area contributed by atoms with Gasteiger partial charge < -0.3 is 9.47 Å². The molecule has 112 valence electrons. The van der Waals surface area contributed by atoms with Gasteiger partial charge in [-0.2, -0.15) is 0 Å². The number of Topliss-reactive ketones (excluding diaryl/α,β-unsaturated/α-hetero) is 1. The van der Waals surface area contributed by atoms with Gasteiger partial charge in [0, 0.05) is 31.9 Å². The summed E-state index contributed by atoms with van der Waals surface area (Å²) in [5.41, 5.74) is 3.43. The van der Waals surface area contributed by atoms with Crippen molar-refractivity contribution in [3.8, 4) is 0 Å². The summed E-state index contributed by atoms with van der Waals surface area (Å²) in [5, 5.41) is 0. The predicted molar refractivity (Wildman–Crippen MR) is 85.7 cm³/mol. The Balaban J connectivity index is 1.77. The number of nitrogens with zero attached hydrogens (tertiary/aromatic N) is 2. The van der Waals surface area contributed by atoms with Crippen LogP contribution in [0.3, 0.4) is 0 Å². The van der Waals surface area contributed by atoms with Crippen molar-refractivity contribution in [3.05, 3.63) is 65.5 Å². The van der Waals surface area contributed by atoms with E-state index in [1.807, 2.05) is 18.2 Å². The minimum atomic E-state index is -0.0443. The van der Waals surface area contributed by atoms with Crippen molar-refractivity contribution in [2.75, 3.05) is 13.1 Å². The predicted octanol–water partition coefficient (Wildman–Crippen LogP) is 2.77. The van der Waals surface area contributed by atoms with Crippen LogP contribution in [0.2, 0.25) is 0 Å². The van der Waals surface area contributed by atoms with Gasteiger partial charge in [-0.25, -0.2) is 0 Å². The number of benzene rings is 1. The van der Waals surface area contributed by atoms with E-state index in [1.165, 1.54) is 6.92 Å². The molecular formula is C18H18N2O2. The summed E-state index contributed by atoms with van der Waals surface area (Å²) in [4.78, 5) is 25.9. The number of aryl methyl sites for hydroxylation is 1. The fraction of sp³-hybridized carbons (Fsp3) is 0.222. The molecule has 0 atom stereocenters. The van der Waals surface area contributed by atoms with Crippen LogP contribution in [0.5, 0.6) is 0 Å². The number of amides is 1. The average molecular weight is 294 g/mol. The van der Waals surface area contributed by atoms with Crippen LogP contribution < -0.4 is 0 Å². The Bertz CT molecular complexity index is 757. The maximum absolute atomic E-state index is 12.6. The van der Waals surface area contributed by atoms with Gasteiger partial charge in [0.15, 0.2) is 5.78 Å². The lowest BCUT2D eigenvalue weighted by Crippen LogP contribution is -2.30. The second-order valence-corrected chi connectivity index (χ2v) is 5.56. The van der Waals surface area contributed by atoms with Gasteiger partial charge in [0.2, 0.25) is 0 Å². The van der Waals surface area contributed by atoms with Gasteiger partial charge in [0.25, 0.3) is 5.91 Å². The smallest absolute Gasteiger partial charge is 0.271 e. The summed E-state index contributed by atoms with van der Waals surface area (Å²) in [6.07, 6.45) is 3.79. The Kier molecular flexibility index (Phi) is 3.67. The number of hydrogen-bond acceptors (Lipinski definition) is 2. The normalized spacial score (nSPS) is 14.1. The van der Waals surface area contributed by atoms with Gasteiger partial charge >= 0.3 is 0 Å². The van der Waals surface area contributed by atoms with Crippen molar-refractivity contribution in [1.82, 2.24) is 9.47 Å². The minimum Gasteiger partial charge on any atom is -0.346 e. The number of rotatable bonds is 3. The Morgan fingerprint density at radius 2 is 1.86 bits per heavy atom. The fourth-order valence-electron chi connectivity index (χ4n) is 2.70. The number of carbonyl (C=O) groups is 2. The molecule has 2 heterocycles. The maximum Gasteiger partial charge on any atom is 0.271 e. The minimum absolute atomic E-state index is 0.0285. The molecule has 1 amide bonds. The molecule has 0 bridgehead atoms. The van der Waals surface area contributed by atoms with Crippen LogP contribution in [0.25, 0.3) is 5.57 Å². The van der Waals surface area contributed by atoms with Crippen LogP contribution in [-0.4, -0.2) is 34.2 Å². The number of aromatic nitrogens is 1. The van der Waals surface area contributed by atoms with Crippen LogP contribution in [0.15, 0.2) is 48.7 Å². The molecule has 1 aliphatic rings. The third-order valence-electron chi connectivity index (χ3n) is 3.98. The summed E-state index contributed by atoms with van der Waals surface area (Å²) in [7, 11) is 1.79. The Hall–Kier alpha value is -2.62. The van der Waals surface area contributed by atoms with Gasteiger partial charge in [0.1, 0.15) is 5.69 Å². The highest BCUT2D eigenvalue weighted by Crippen LogP contribution is 2.22. The second kappa shape index (κ2) is 5.64. The molecule has 0 unspecified atom stereocenters. The van der Waals surface area contributed by atoms with Gasteiger partial charge in [-0.1, -0.05) is 36.4 Å². The third kappa shape index (κ3) is 2.60. The van der Waals surface area contributed by atoms with Gasteiger partial charge in [-0.3, -0.25) is 9.59 Å². The lowest BCUT2D eigenvalue weighted by atomic mass is 10.1. The first-order valence-corrected chi connectivity index (χ1v) is 7.27. The number of carbonyl (C=O) groups excluding carboxylic acids is 2. The van der Waals surface area contributed by atoms with E-state index in [4.69, 9.17) is 0 Å². The zero-order chi connectivity index (χ0) is 15.7. The van der Waals surface area contributed by atoms with Crippen LogP contribution in [0.4, 0.5) is 0 Å². The summed E-state index contributed by atoms with van der Waals surface area (Å²) in [6.45, 7) is 2.71. The highest BCUT2D eigenvalue weighted by Gasteiger charge is 2.24. The van der Waals surface area contributed by atoms with E-state index in [-0.39, 0.29) is 11.7 Å². The Morgan fingerprint density at radius 1 is 1.14 bits per heavy atom. The molecule has 4 heteroatoms. The molecule has 0 radical (unpaired) electrons. The topological polar surface area (TPSA) is 42.3 Å². The van der Waals surface area contributed by atoms with Gasteiger partial charge in [-0.15, -0.1) is 0 Å². The zero-order valence-corrected chi connectivity index (χ0v) is 12.7. The SMILES string of the molecule is CC(=O)c1cc(C(=O)N2CC=C(c3ccccc3)C2)n(C)c1. The molecule has 0 saturated carbocycles. The lowest BCUT2D eigenvalue weighted by Gasteiger charge is -2.17. The molecule has 0 N–H and O–H groups in total. The largest absolute Gasteiger partial charge is 0.346 e. The van der Waals surface area contributed by atoms with Crippen molar-refractivity contribution in [2.45, 2.75) is 6.92 Å². The Morgan fingerprint density at radius 3 is 2.50 bits per heavy atom. The monoisotopic (exact) mass is 294 g/mol. The van der Waals surface area contributed by atoms with E-state index >= 15 is 0 Å². The van der Waals surface area contributed by atoms with E-state index < -0.39 is 0 Å². The highest BCUT2D eigenvalue weighted by atomic mass is 16.2. The van der Waals surface area contributed by atoms with Crippen molar-refractivity contribution in [1.29, 1.82) is 0 Å². The van der Waals surface area contributed by atoms with Crippen LogP contribution in [0.1, 0.15) is 33.3 Å². The summed E-state index contributed by atoms with van der Waals surface area (Å²) in [6, 6.07) is 11.8. The Labute approximate surface area is 129 Å². The van der Waals surface area contributed by atoms with E-state index in [9.17, 15) is 9.59 Å². The molecule has 1 aromatic heterocycles. The van der Waals surface area contributed by atoms with Gasteiger partial charge in [0.05, 0.1) is 0 Å². The van der Waals surface area contributed by atoms with Crippen molar-refractivity contribution < 1.29 is 9.59 Å². The summed E-state index contributed by atoms with van der Waals surface area (Å²) < 4.78 is 1.72. The molecule has 1 aliphatic heterocycles. The van der Waals surface area contributed by atoms with E-state index in [2.05, 4.69) is 18.2 Å². The molecule has 22 heavy (non-hydrogen) atoms. The average Bonchev–Trinajstić information content (AvgIpc) is 3.14. The molecular weight excluding hydrogens is 276 g/mol. The number of hydrogen-bond donors (Lipinski definition) is 0. The summed E-state index contributed by atoms with van der Waals surface area (Å²) in [5.74, 6) is -0.0728. The molecule has 2 aromatic rings. The third-order valence-corrected chi connectivity index (χ3v) is 3.98. The number of ketones is 1. The van der Waals surface area contributed by atoms with E-state index in [0.717, 1.165) is 11.1 Å². The molecule has 0 spiro atoms. The molecule has 0 fully saturated rings. The first-order chi connectivity index (χ1) is 10.6. The molecule has 4 nitrogen and oxygen atoms in total. The molecule has 0 aliphatic carbocycles. The quantitative estimate of drug-likeness (QED) is 0.817. The maximum atomic E-state index is 12.6. The molecule has 3 rings (SSSR count). The zero-order valence-electron chi connectivity index (χ0n) is 12.7. The summed E-state index contributed by atoms with van der Waals surface area (Å²) >= 11 is 0. The standard InChI is InChI=1S/C18H18N2O2/c1-13(21)16-10-17(19(2)11-16)18(22)20-9-8-15(12-20)14-6-4-3-5-7-14/h3-8,10-11H,9,12H2,1-2H3.